The predicted molar refractivity (Wildman–Crippen MR) is 62.7 cm³/mol. The molecular formula is C11H11ClN4. The quantitative estimate of drug-likeness (QED) is 0.627. The average molecular weight is 235 g/mol. The van der Waals surface area contributed by atoms with Gasteiger partial charge in [-0.15, -0.1) is 0 Å². The van der Waals surface area contributed by atoms with Crippen LogP contribution in [0.3, 0.4) is 0 Å². The summed E-state index contributed by atoms with van der Waals surface area (Å²) in [6.45, 7) is 0. The van der Waals surface area contributed by atoms with E-state index in [4.69, 9.17) is 17.4 Å². The average Bonchev–Trinajstić information content (AvgIpc) is 2.34. The number of aromatic nitrogens is 2. The summed E-state index contributed by atoms with van der Waals surface area (Å²) in [6.07, 6.45) is 3.37. The largest absolute Gasteiger partial charge is 0.270 e. The molecule has 0 saturated carbocycles. The Bertz CT molecular complexity index is 443. The van der Waals surface area contributed by atoms with E-state index < -0.39 is 0 Å². The van der Waals surface area contributed by atoms with Crippen molar-refractivity contribution in [2.24, 2.45) is 5.84 Å². The summed E-state index contributed by atoms with van der Waals surface area (Å²) in [5, 5.41) is 0.688. The van der Waals surface area contributed by atoms with Crippen molar-refractivity contribution in [2.75, 3.05) is 0 Å². The second-order valence-corrected chi connectivity index (χ2v) is 3.69. The monoisotopic (exact) mass is 234 g/mol. The van der Waals surface area contributed by atoms with Crippen LogP contribution in [0.5, 0.6) is 0 Å². The van der Waals surface area contributed by atoms with Crippen molar-refractivity contribution < 1.29 is 0 Å². The van der Waals surface area contributed by atoms with E-state index in [-0.39, 0.29) is 6.04 Å². The summed E-state index contributed by atoms with van der Waals surface area (Å²) in [6, 6.07) is 8.94. The van der Waals surface area contributed by atoms with Gasteiger partial charge >= 0.3 is 0 Å². The molecule has 2 aromatic rings. The highest BCUT2D eigenvalue weighted by Gasteiger charge is 2.14. The number of halogens is 1. The Hall–Kier alpha value is -1.49. The second-order valence-electron chi connectivity index (χ2n) is 3.26. The molecule has 0 radical (unpaired) electrons. The van der Waals surface area contributed by atoms with Crippen LogP contribution in [0.2, 0.25) is 5.02 Å². The number of nitrogens with two attached hydrogens (primary N) is 1. The van der Waals surface area contributed by atoms with Crippen LogP contribution in [0.1, 0.15) is 17.4 Å². The zero-order chi connectivity index (χ0) is 11.4. The van der Waals surface area contributed by atoms with E-state index in [0.29, 0.717) is 10.8 Å². The molecule has 0 aliphatic heterocycles. The first-order valence-corrected chi connectivity index (χ1v) is 5.17. The zero-order valence-electron chi connectivity index (χ0n) is 8.47. The van der Waals surface area contributed by atoms with Crippen LogP contribution in [0, 0.1) is 0 Å². The zero-order valence-corrected chi connectivity index (χ0v) is 9.22. The topological polar surface area (TPSA) is 63.8 Å². The van der Waals surface area contributed by atoms with E-state index in [2.05, 4.69) is 15.4 Å². The van der Waals surface area contributed by atoms with Crippen LogP contribution in [0.25, 0.3) is 0 Å². The minimum absolute atomic E-state index is 0.224. The maximum atomic E-state index is 5.82. The molecule has 16 heavy (non-hydrogen) atoms. The minimum atomic E-state index is -0.224. The standard InChI is InChI=1S/C11H11ClN4/c12-9-4-2-8(3-5-9)10(16-13)11-14-6-1-7-15-11/h1-7,10,16H,13H2. The minimum Gasteiger partial charge on any atom is -0.270 e. The maximum absolute atomic E-state index is 5.82. The molecule has 0 fully saturated rings. The molecule has 1 atom stereocenters. The van der Waals surface area contributed by atoms with Gasteiger partial charge in [0.25, 0.3) is 0 Å². The summed E-state index contributed by atoms with van der Waals surface area (Å²) in [5.41, 5.74) is 3.66. The third-order valence-electron chi connectivity index (χ3n) is 2.21. The van der Waals surface area contributed by atoms with Crippen LogP contribution in [0.4, 0.5) is 0 Å². The number of hydrogen-bond acceptors (Lipinski definition) is 4. The van der Waals surface area contributed by atoms with E-state index in [0.717, 1.165) is 5.56 Å². The number of rotatable bonds is 3. The van der Waals surface area contributed by atoms with Crippen LogP contribution in [0.15, 0.2) is 42.7 Å². The first-order chi connectivity index (χ1) is 7.81. The Balaban J connectivity index is 2.33. The van der Waals surface area contributed by atoms with E-state index in [1.165, 1.54) is 0 Å². The number of nitrogens with zero attached hydrogens (tertiary/aromatic N) is 2. The molecule has 1 heterocycles. The molecule has 3 N–H and O–H groups in total. The lowest BCUT2D eigenvalue weighted by molar-refractivity contribution is 0.601. The number of nitrogens with one attached hydrogen (secondary N) is 1. The van der Waals surface area contributed by atoms with Gasteiger partial charge in [-0.25, -0.2) is 15.4 Å². The Labute approximate surface area is 98.5 Å². The molecule has 0 aliphatic carbocycles. The number of hydrogen-bond donors (Lipinski definition) is 2. The van der Waals surface area contributed by atoms with E-state index in [9.17, 15) is 0 Å². The molecule has 5 heteroatoms. The first kappa shape index (κ1) is 11.0. The lowest BCUT2D eigenvalue weighted by Gasteiger charge is -2.14. The van der Waals surface area contributed by atoms with Gasteiger partial charge in [0.05, 0.1) is 0 Å². The lowest BCUT2D eigenvalue weighted by atomic mass is 10.1. The van der Waals surface area contributed by atoms with Crippen molar-refractivity contribution in [3.8, 4) is 0 Å². The Morgan fingerprint density at radius 2 is 1.75 bits per heavy atom. The van der Waals surface area contributed by atoms with E-state index in [1.54, 1.807) is 18.5 Å². The van der Waals surface area contributed by atoms with Gasteiger partial charge in [-0.3, -0.25) is 5.84 Å². The van der Waals surface area contributed by atoms with Gasteiger partial charge in [0.2, 0.25) is 0 Å². The predicted octanol–water partition coefficient (Wildman–Crippen LogP) is 1.68. The van der Waals surface area contributed by atoms with Crippen molar-refractivity contribution >= 4 is 11.6 Å². The van der Waals surface area contributed by atoms with Gasteiger partial charge in [0, 0.05) is 17.4 Å². The normalized spacial score (nSPS) is 12.4. The maximum Gasteiger partial charge on any atom is 0.150 e. The summed E-state index contributed by atoms with van der Waals surface area (Å²) in [7, 11) is 0. The summed E-state index contributed by atoms with van der Waals surface area (Å²) in [5.74, 6) is 6.14. The van der Waals surface area contributed by atoms with Gasteiger partial charge in [-0.2, -0.15) is 0 Å². The van der Waals surface area contributed by atoms with Gasteiger partial charge in [0.15, 0.2) is 5.82 Å². The fourth-order valence-corrected chi connectivity index (χ4v) is 1.56. The molecule has 1 aromatic carbocycles. The summed E-state index contributed by atoms with van der Waals surface area (Å²) >= 11 is 5.82. The van der Waals surface area contributed by atoms with Gasteiger partial charge < -0.3 is 0 Å². The summed E-state index contributed by atoms with van der Waals surface area (Å²) in [4.78, 5) is 8.32. The molecule has 4 nitrogen and oxygen atoms in total. The third-order valence-corrected chi connectivity index (χ3v) is 2.47. The molecule has 1 aromatic heterocycles. The SMILES string of the molecule is NNC(c1ccc(Cl)cc1)c1ncccn1. The second kappa shape index (κ2) is 5.03. The highest BCUT2D eigenvalue weighted by Crippen LogP contribution is 2.19. The molecule has 0 aliphatic rings. The van der Waals surface area contributed by atoms with Gasteiger partial charge in [-0.1, -0.05) is 23.7 Å². The number of hydrazine groups is 1. The molecule has 82 valence electrons. The Kier molecular flexibility index (Phi) is 3.46. The van der Waals surface area contributed by atoms with E-state index in [1.807, 2.05) is 24.3 Å². The van der Waals surface area contributed by atoms with Crippen LogP contribution in [-0.4, -0.2) is 9.97 Å². The Morgan fingerprint density at radius 1 is 1.12 bits per heavy atom. The van der Waals surface area contributed by atoms with Crippen LogP contribution >= 0.6 is 11.6 Å². The lowest BCUT2D eigenvalue weighted by Crippen LogP contribution is -2.30. The van der Waals surface area contributed by atoms with Crippen LogP contribution < -0.4 is 11.3 Å². The highest BCUT2D eigenvalue weighted by molar-refractivity contribution is 6.30. The van der Waals surface area contributed by atoms with Gasteiger partial charge in [0.1, 0.15) is 6.04 Å². The number of benzene rings is 1. The molecule has 0 saturated heterocycles. The van der Waals surface area contributed by atoms with Crippen molar-refractivity contribution in [2.45, 2.75) is 6.04 Å². The molecule has 1 unspecified atom stereocenters. The van der Waals surface area contributed by atoms with Crippen molar-refractivity contribution in [1.82, 2.24) is 15.4 Å². The van der Waals surface area contributed by atoms with Gasteiger partial charge in [-0.05, 0) is 23.8 Å². The summed E-state index contributed by atoms with van der Waals surface area (Å²) < 4.78 is 0. The van der Waals surface area contributed by atoms with E-state index >= 15 is 0 Å². The van der Waals surface area contributed by atoms with Crippen molar-refractivity contribution in [3.05, 3.63) is 59.1 Å². The first-order valence-electron chi connectivity index (χ1n) is 4.80. The highest BCUT2D eigenvalue weighted by atomic mass is 35.5. The molecule has 2 rings (SSSR count). The fourth-order valence-electron chi connectivity index (χ4n) is 1.43. The molecule has 0 spiro atoms. The van der Waals surface area contributed by atoms with Crippen LogP contribution in [-0.2, 0) is 0 Å². The van der Waals surface area contributed by atoms with Crippen molar-refractivity contribution in [3.63, 3.8) is 0 Å². The molecule has 0 bridgehead atoms. The third kappa shape index (κ3) is 2.36. The Morgan fingerprint density at radius 3 is 2.31 bits per heavy atom. The van der Waals surface area contributed by atoms with Crippen molar-refractivity contribution in [1.29, 1.82) is 0 Å². The molecular weight excluding hydrogens is 224 g/mol. The molecule has 0 amide bonds. The fraction of sp³-hybridized carbons (Fsp3) is 0.0909. The smallest absolute Gasteiger partial charge is 0.150 e.